The fourth-order valence-corrected chi connectivity index (χ4v) is 3.74. The maximum atomic E-state index is 12.4. The first-order valence-electron chi connectivity index (χ1n) is 8.57. The van der Waals surface area contributed by atoms with E-state index in [1.165, 1.54) is 4.90 Å². The molecule has 3 rings (SSSR count). The van der Waals surface area contributed by atoms with Crippen LogP contribution in [0.1, 0.15) is 32.7 Å². The van der Waals surface area contributed by atoms with Gasteiger partial charge in [-0.1, -0.05) is 22.0 Å². The molecule has 1 aliphatic heterocycles. The Kier molecular flexibility index (Phi) is 6.51. The van der Waals surface area contributed by atoms with Crippen LogP contribution in [-0.4, -0.2) is 42.4 Å². The van der Waals surface area contributed by atoms with Crippen molar-refractivity contribution < 1.29 is 23.9 Å². The Balaban J connectivity index is 1.43. The SMILES string of the molecule is Cc1ccc(OCC(=O)OCCCN2C(=O)c3ccc(Br)cc3C2=O)c(Br)c1. The zero-order valence-corrected chi connectivity index (χ0v) is 18.2. The van der Waals surface area contributed by atoms with Gasteiger partial charge in [0.05, 0.1) is 22.2 Å². The molecule has 0 N–H and O–H groups in total. The molecular weight excluding hydrogens is 494 g/mol. The number of halogens is 2. The highest BCUT2D eigenvalue weighted by atomic mass is 79.9. The minimum atomic E-state index is -0.515. The fourth-order valence-electron chi connectivity index (χ4n) is 2.78. The molecule has 2 aromatic carbocycles. The van der Waals surface area contributed by atoms with Gasteiger partial charge in [-0.25, -0.2) is 4.79 Å². The number of hydrogen-bond donors (Lipinski definition) is 0. The quantitative estimate of drug-likeness (QED) is 0.318. The van der Waals surface area contributed by atoms with Crippen molar-refractivity contribution in [2.24, 2.45) is 0 Å². The summed E-state index contributed by atoms with van der Waals surface area (Å²) in [5.74, 6) is -0.620. The van der Waals surface area contributed by atoms with E-state index >= 15 is 0 Å². The molecule has 0 aliphatic carbocycles. The predicted octanol–water partition coefficient (Wildman–Crippen LogP) is 4.13. The molecule has 2 aromatic rings. The summed E-state index contributed by atoms with van der Waals surface area (Å²) in [4.78, 5) is 37.7. The largest absolute Gasteiger partial charge is 0.481 e. The lowest BCUT2D eigenvalue weighted by Crippen LogP contribution is -2.31. The lowest BCUT2D eigenvalue weighted by Gasteiger charge is -2.14. The minimum absolute atomic E-state index is 0.0916. The Bertz CT molecular complexity index is 944. The molecule has 0 unspecified atom stereocenters. The smallest absolute Gasteiger partial charge is 0.344 e. The van der Waals surface area contributed by atoms with Gasteiger partial charge in [-0.3, -0.25) is 14.5 Å². The van der Waals surface area contributed by atoms with Crippen LogP contribution in [0.2, 0.25) is 0 Å². The molecule has 0 bridgehead atoms. The van der Waals surface area contributed by atoms with Crippen molar-refractivity contribution in [3.05, 3.63) is 62.0 Å². The van der Waals surface area contributed by atoms with Crippen LogP contribution >= 0.6 is 31.9 Å². The van der Waals surface area contributed by atoms with Crippen LogP contribution in [-0.2, 0) is 9.53 Å². The summed E-state index contributed by atoms with van der Waals surface area (Å²) in [5, 5.41) is 0. The van der Waals surface area contributed by atoms with E-state index in [4.69, 9.17) is 9.47 Å². The second kappa shape index (κ2) is 8.87. The van der Waals surface area contributed by atoms with Crippen molar-refractivity contribution in [3.63, 3.8) is 0 Å². The number of rotatable bonds is 7. The molecule has 0 radical (unpaired) electrons. The first-order valence-corrected chi connectivity index (χ1v) is 10.2. The van der Waals surface area contributed by atoms with Crippen LogP contribution in [0.15, 0.2) is 45.3 Å². The number of esters is 1. The number of hydrogen-bond acceptors (Lipinski definition) is 5. The Labute approximate surface area is 179 Å². The molecule has 6 nitrogen and oxygen atoms in total. The summed E-state index contributed by atoms with van der Waals surface area (Å²) >= 11 is 6.67. The number of imide groups is 1. The van der Waals surface area contributed by atoms with Crippen LogP contribution in [0, 0.1) is 6.92 Å². The summed E-state index contributed by atoms with van der Waals surface area (Å²) in [6.07, 6.45) is 0.354. The minimum Gasteiger partial charge on any atom is -0.481 e. The number of ether oxygens (including phenoxy) is 2. The molecular formula is C20H17Br2NO5. The summed E-state index contributed by atoms with van der Waals surface area (Å²) in [5.41, 5.74) is 1.85. The van der Waals surface area contributed by atoms with Crippen molar-refractivity contribution in [2.75, 3.05) is 19.8 Å². The molecule has 2 amide bonds. The first kappa shape index (κ1) is 20.5. The zero-order valence-electron chi connectivity index (χ0n) is 15.0. The van der Waals surface area contributed by atoms with Gasteiger partial charge < -0.3 is 9.47 Å². The van der Waals surface area contributed by atoms with Gasteiger partial charge in [-0.2, -0.15) is 0 Å². The third kappa shape index (κ3) is 4.62. The van der Waals surface area contributed by atoms with Crippen molar-refractivity contribution in [3.8, 4) is 5.75 Å². The highest BCUT2D eigenvalue weighted by Crippen LogP contribution is 2.27. The maximum Gasteiger partial charge on any atom is 0.344 e. The Morgan fingerprint density at radius 3 is 2.54 bits per heavy atom. The van der Waals surface area contributed by atoms with Crippen molar-refractivity contribution in [2.45, 2.75) is 13.3 Å². The molecule has 1 heterocycles. The van der Waals surface area contributed by atoms with Gasteiger partial charge in [-0.05, 0) is 65.2 Å². The molecule has 8 heteroatoms. The lowest BCUT2D eigenvalue weighted by atomic mass is 10.1. The topological polar surface area (TPSA) is 72.9 Å². The molecule has 0 atom stereocenters. The first-order chi connectivity index (χ1) is 13.4. The molecule has 0 fully saturated rings. The van der Waals surface area contributed by atoms with Crippen LogP contribution in [0.5, 0.6) is 5.75 Å². The van der Waals surface area contributed by atoms with Crippen molar-refractivity contribution in [1.29, 1.82) is 0 Å². The van der Waals surface area contributed by atoms with Crippen LogP contribution < -0.4 is 4.74 Å². The van der Waals surface area contributed by atoms with Gasteiger partial charge in [0.1, 0.15) is 5.75 Å². The number of carbonyl (C=O) groups is 3. The number of nitrogens with zero attached hydrogens (tertiary/aromatic N) is 1. The van der Waals surface area contributed by atoms with Gasteiger partial charge in [0.25, 0.3) is 11.8 Å². The lowest BCUT2D eigenvalue weighted by molar-refractivity contribution is -0.146. The molecule has 146 valence electrons. The summed E-state index contributed by atoms with van der Waals surface area (Å²) < 4.78 is 12.0. The van der Waals surface area contributed by atoms with Crippen LogP contribution in [0.4, 0.5) is 0 Å². The summed E-state index contributed by atoms with van der Waals surface area (Å²) in [7, 11) is 0. The van der Waals surface area contributed by atoms with E-state index in [2.05, 4.69) is 31.9 Å². The van der Waals surface area contributed by atoms with Crippen LogP contribution in [0.3, 0.4) is 0 Å². The van der Waals surface area contributed by atoms with E-state index in [1.807, 2.05) is 19.1 Å². The number of aryl methyl sites for hydroxylation is 1. The van der Waals surface area contributed by atoms with E-state index in [1.54, 1.807) is 24.3 Å². The van der Waals surface area contributed by atoms with Crippen molar-refractivity contribution in [1.82, 2.24) is 4.90 Å². The second-order valence-electron chi connectivity index (χ2n) is 6.25. The summed E-state index contributed by atoms with van der Waals surface area (Å²) in [6, 6.07) is 10.5. The molecule has 28 heavy (non-hydrogen) atoms. The van der Waals surface area contributed by atoms with Crippen molar-refractivity contribution >= 4 is 49.6 Å². The standard InChI is InChI=1S/C20H17Br2NO5/c1-12-3-6-17(16(22)9-12)28-11-18(24)27-8-2-7-23-19(25)14-5-4-13(21)10-15(14)20(23)26/h3-6,9-10H,2,7-8,11H2,1H3. The number of carbonyl (C=O) groups excluding carboxylic acids is 3. The van der Waals surface area contributed by atoms with Gasteiger partial charge in [0.2, 0.25) is 0 Å². The molecule has 0 saturated carbocycles. The van der Waals surface area contributed by atoms with Gasteiger partial charge >= 0.3 is 5.97 Å². The normalized spacial score (nSPS) is 12.9. The van der Waals surface area contributed by atoms with E-state index in [-0.39, 0.29) is 31.6 Å². The molecule has 1 aliphatic rings. The Morgan fingerprint density at radius 2 is 1.79 bits per heavy atom. The highest BCUT2D eigenvalue weighted by Gasteiger charge is 2.35. The average Bonchev–Trinajstić information content (AvgIpc) is 2.88. The molecule has 0 saturated heterocycles. The van der Waals surface area contributed by atoms with Gasteiger partial charge in [0, 0.05) is 11.0 Å². The third-order valence-electron chi connectivity index (χ3n) is 4.15. The molecule has 0 spiro atoms. The fraction of sp³-hybridized carbons (Fsp3) is 0.250. The van der Waals surface area contributed by atoms with E-state index < -0.39 is 5.97 Å². The Hall–Kier alpha value is -2.19. The number of fused-ring (bicyclic) bond motifs is 1. The predicted molar refractivity (Wildman–Crippen MR) is 109 cm³/mol. The van der Waals surface area contributed by atoms with Crippen LogP contribution in [0.25, 0.3) is 0 Å². The summed E-state index contributed by atoms with van der Waals surface area (Å²) in [6.45, 7) is 2.01. The third-order valence-corrected chi connectivity index (χ3v) is 5.27. The van der Waals surface area contributed by atoms with E-state index in [9.17, 15) is 14.4 Å². The monoisotopic (exact) mass is 509 g/mol. The number of amides is 2. The average molecular weight is 511 g/mol. The maximum absolute atomic E-state index is 12.4. The zero-order chi connectivity index (χ0) is 20.3. The number of benzene rings is 2. The van der Waals surface area contributed by atoms with E-state index in [0.29, 0.717) is 23.3 Å². The van der Waals surface area contributed by atoms with Gasteiger partial charge in [0.15, 0.2) is 6.61 Å². The molecule has 0 aromatic heterocycles. The van der Waals surface area contributed by atoms with E-state index in [0.717, 1.165) is 14.5 Å². The Morgan fingerprint density at radius 1 is 1.04 bits per heavy atom. The van der Waals surface area contributed by atoms with Gasteiger partial charge in [-0.15, -0.1) is 0 Å². The highest BCUT2D eigenvalue weighted by molar-refractivity contribution is 9.10. The second-order valence-corrected chi connectivity index (χ2v) is 8.02.